The van der Waals surface area contributed by atoms with Crippen LogP contribution in [0.1, 0.15) is 0 Å². The minimum atomic E-state index is -7.49. The second kappa shape index (κ2) is 5.18. The van der Waals surface area contributed by atoms with E-state index in [9.17, 15) is 52.3 Å². The van der Waals surface area contributed by atoms with Crippen LogP contribution in [0.5, 0.6) is 0 Å². The van der Waals surface area contributed by atoms with Crippen molar-refractivity contribution in [3.8, 4) is 0 Å². The van der Waals surface area contributed by atoms with Gasteiger partial charge in [0.2, 0.25) is 0 Å². The van der Waals surface area contributed by atoms with Crippen molar-refractivity contribution in [1.29, 1.82) is 0 Å². The zero-order valence-corrected chi connectivity index (χ0v) is 9.55. The van der Waals surface area contributed by atoms with Gasteiger partial charge >= 0.3 is 39.6 Å². The predicted molar refractivity (Wildman–Crippen MR) is 42.4 cm³/mol. The van der Waals surface area contributed by atoms with Gasteiger partial charge in [-0.05, 0) is 0 Å². The van der Waals surface area contributed by atoms with Crippen LogP contribution in [-0.2, 0) is 10.1 Å². The fourth-order valence-electron chi connectivity index (χ4n) is 0.691. The van der Waals surface area contributed by atoms with Crippen molar-refractivity contribution in [3.05, 3.63) is 0 Å². The highest BCUT2D eigenvalue weighted by atomic mass is 32.2. The molecule has 0 aliphatic heterocycles. The van der Waals surface area contributed by atoms with Gasteiger partial charge in [-0.15, -0.1) is 0 Å². The number of rotatable bonds is 5. The summed E-state index contributed by atoms with van der Waals surface area (Å²) in [5.74, 6) is -21.9. The monoisotopic (exact) mass is 349 g/mol. The maximum atomic E-state index is 12.5. The summed E-state index contributed by atoms with van der Waals surface area (Å²) in [6, 6.07) is 0. The lowest BCUT2D eigenvalue weighted by Gasteiger charge is -2.34. The Morgan fingerprint density at radius 2 is 1.10 bits per heavy atom. The van der Waals surface area contributed by atoms with E-state index < -0.39 is 39.6 Å². The van der Waals surface area contributed by atoms with Gasteiger partial charge in [0.1, 0.15) is 0 Å². The Labute approximate surface area is 104 Å². The topological polar surface area (TPSA) is 89.4 Å². The largest absolute Gasteiger partial charge is 0.438 e. The molecule has 0 saturated heterocycles. The molecule has 0 saturated carbocycles. The molecule has 0 unspecified atom stereocenters. The molecule has 0 bridgehead atoms. The van der Waals surface area contributed by atoms with Crippen LogP contribution in [0.3, 0.4) is 0 Å². The van der Waals surface area contributed by atoms with E-state index in [0.29, 0.717) is 0 Å². The van der Waals surface area contributed by atoms with E-state index in [1.165, 1.54) is 0 Å². The summed E-state index contributed by atoms with van der Waals surface area (Å²) in [7, 11) is -7.27. The number of halogens is 10. The van der Waals surface area contributed by atoms with Gasteiger partial charge in [-0.25, -0.2) is 8.78 Å². The van der Waals surface area contributed by atoms with E-state index in [-0.39, 0.29) is 6.15 Å². The molecule has 0 rings (SSSR count). The Hall–Kier alpha value is -0.830. The van der Waals surface area contributed by atoms with Gasteiger partial charge in [0, 0.05) is 0 Å². The van der Waals surface area contributed by atoms with Crippen LogP contribution in [0.15, 0.2) is 0 Å². The smallest absolute Gasteiger partial charge is 0.344 e. The first-order chi connectivity index (χ1) is 7.94. The average molecular weight is 349 g/mol. The summed E-state index contributed by atoms with van der Waals surface area (Å²) in [6.45, 7) is 0. The van der Waals surface area contributed by atoms with E-state index in [1.807, 2.05) is 0 Å². The molecule has 0 fully saturated rings. The standard InChI is InChI=1S/C5H2F10O3S.H3N/c6-1(7)2(8,9)3(10,11)4(12,13)5(14,15)19(16,17)18;/h1H,(H,16,17,18);1H3. The van der Waals surface area contributed by atoms with E-state index in [0.717, 1.165) is 0 Å². The van der Waals surface area contributed by atoms with Crippen LogP contribution in [0.25, 0.3) is 0 Å². The maximum Gasteiger partial charge on any atom is 0.438 e. The molecule has 0 aromatic rings. The maximum absolute atomic E-state index is 12.5. The molecule has 0 amide bonds. The molecule has 0 aromatic heterocycles. The van der Waals surface area contributed by atoms with Crippen LogP contribution >= 0.6 is 0 Å². The van der Waals surface area contributed by atoms with Crippen molar-refractivity contribution in [2.45, 2.75) is 29.4 Å². The van der Waals surface area contributed by atoms with Crippen LogP contribution in [-0.4, -0.2) is 42.4 Å². The van der Waals surface area contributed by atoms with E-state index in [4.69, 9.17) is 4.55 Å². The molecule has 0 aromatic carbocycles. The molecule has 0 aliphatic rings. The summed E-state index contributed by atoms with van der Waals surface area (Å²) >= 11 is 0. The summed E-state index contributed by atoms with van der Waals surface area (Å²) in [6.07, 6.45) is -5.49. The number of hydrogen-bond donors (Lipinski definition) is 2. The quantitative estimate of drug-likeness (QED) is 0.590. The molecular weight excluding hydrogens is 344 g/mol. The molecule has 0 aliphatic carbocycles. The molecule has 4 nitrogen and oxygen atoms in total. The highest BCUT2D eigenvalue weighted by Gasteiger charge is 2.86. The molecule has 0 atom stereocenters. The molecule has 20 heavy (non-hydrogen) atoms. The minimum Gasteiger partial charge on any atom is -0.344 e. The first-order valence-electron chi connectivity index (χ1n) is 3.71. The Morgan fingerprint density at radius 3 is 1.30 bits per heavy atom. The Morgan fingerprint density at radius 1 is 0.800 bits per heavy atom. The van der Waals surface area contributed by atoms with Crippen LogP contribution in [0, 0.1) is 0 Å². The zero-order chi connectivity index (χ0) is 16.1. The SMILES string of the molecule is N.O=S(=O)(O)C(F)(F)C(F)(F)C(F)(F)C(F)(F)C(F)F. The Bertz CT molecular complexity index is 446. The van der Waals surface area contributed by atoms with Crippen LogP contribution in [0.2, 0.25) is 0 Å². The molecule has 0 heterocycles. The Kier molecular flexibility index (Phi) is 5.56. The lowest BCUT2D eigenvalue weighted by Crippen LogP contribution is -2.66. The molecular formula is C5H5F10NO3S. The van der Waals surface area contributed by atoms with Gasteiger partial charge in [0.05, 0.1) is 0 Å². The van der Waals surface area contributed by atoms with Gasteiger partial charge in [-0.1, -0.05) is 0 Å². The average Bonchev–Trinajstić information content (AvgIpc) is 2.14. The fourth-order valence-corrected chi connectivity index (χ4v) is 1.14. The predicted octanol–water partition coefficient (Wildman–Crippen LogP) is 2.80. The lowest BCUT2D eigenvalue weighted by atomic mass is 10.1. The first-order valence-corrected chi connectivity index (χ1v) is 5.15. The van der Waals surface area contributed by atoms with Gasteiger partial charge in [0.25, 0.3) is 0 Å². The Balaban J connectivity index is 0. The van der Waals surface area contributed by atoms with E-state index in [2.05, 4.69) is 0 Å². The summed E-state index contributed by atoms with van der Waals surface area (Å²) < 4.78 is 149. The first kappa shape index (κ1) is 21.5. The van der Waals surface area contributed by atoms with Gasteiger partial charge in [0.15, 0.2) is 0 Å². The van der Waals surface area contributed by atoms with Crippen molar-refractivity contribution in [3.63, 3.8) is 0 Å². The van der Waals surface area contributed by atoms with Crippen LogP contribution in [0.4, 0.5) is 43.9 Å². The summed E-state index contributed by atoms with van der Waals surface area (Å²) in [4.78, 5) is 0. The van der Waals surface area contributed by atoms with Gasteiger partial charge in [-0.2, -0.15) is 43.5 Å². The third-order valence-electron chi connectivity index (χ3n) is 1.78. The molecule has 124 valence electrons. The molecule has 15 heteroatoms. The lowest BCUT2D eigenvalue weighted by molar-refractivity contribution is -0.369. The molecule has 4 N–H and O–H groups in total. The van der Waals surface area contributed by atoms with Crippen LogP contribution < -0.4 is 6.15 Å². The number of hydrogen-bond acceptors (Lipinski definition) is 3. The second-order valence-corrected chi connectivity index (χ2v) is 4.53. The van der Waals surface area contributed by atoms with E-state index in [1.54, 1.807) is 0 Å². The third kappa shape index (κ3) is 2.65. The van der Waals surface area contributed by atoms with Crippen molar-refractivity contribution < 1.29 is 56.9 Å². The highest BCUT2D eigenvalue weighted by molar-refractivity contribution is 7.87. The summed E-state index contributed by atoms with van der Waals surface area (Å²) in [5.41, 5.74) is 0. The fraction of sp³-hybridized carbons (Fsp3) is 1.00. The summed E-state index contributed by atoms with van der Waals surface area (Å²) in [5, 5.41) is -7.11. The van der Waals surface area contributed by atoms with Crippen molar-refractivity contribution in [2.75, 3.05) is 0 Å². The van der Waals surface area contributed by atoms with Crippen molar-refractivity contribution in [2.24, 2.45) is 0 Å². The minimum absolute atomic E-state index is 0. The highest BCUT2D eigenvalue weighted by Crippen LogP contribution is 2.55. The van der Waals surface area contributed by atoms with E-state index >= 15 is 0 Å². The van der Waals surface area contributed by atoms with Gasteiger partial charge in [-0.3, -0.25) is 4.55 Å². The second-order valence-electron chi connectivity index (χ2n) is 3.06. The van der Waals surface area contributed by atoms with Crippen molar-refractivity contribution in [1.82, 2.24) is 6.15 Å². The third-order valence-corrected chi connectivity index (χ3v) is 2.68. The normalized spacial score (nSPS) is 15.2. The van der Waals surface area contributed by atoms with Gasteiger partial charge < -0.3 is 6.15 Å². The number of alkyl halides is 10. The molecule has 0 spiro atoms. The molecule has 0 radical (unpaired) electrons. The zero-order valence-electron chi connectivity index (χ0n) is 8.74. The van der Waals surface area contributed by atoms with Crippen molar-refractivity contribution >= 4 is 10.1 Å².